The van der Waals surface area contributed by atoms with Gasteiger partial charge in [0.1, 0.15) is 5.75 Å². The van der Waals surface area contributed by atoms with E-state index in [2.05, 4.69) is 0 Å². The average Bonchev–Trinajstić information content (AvgIpc) is 2.59. The number of amides is 1. The van der Waals surface area contributed by atoms with E-state index in [-0.39, 0.29) is 5.91 Å². The van der Waals surface area contributed by atoms with Crippen molar-refractivity contribution in [3.05, 3.63) is 65.7 Å². The lowest BCUT2D eigenvalue weighted by Gasteiger charge is -2.17. The highest BCUT2D eigenvalue weighted by atomic mass is 16.5. The second-order valence-electron chi connectivity index (χ2n) is 5.14. The molecule has 0 aliphatic rings. The average molecular weight is 298 g/mol. The number of para-hydroxylation sites is 1. The van der Waals surface area contributed by atoms with E-state index in [9.17, 15) is 4.79 Å². The lowest BCUT2D eigenvalue weighted by molar-refractivity contribution is 0.0788. The molecule has 0 unspecified atom stereocenters. The number of carbonyl (C=O) groups excluding carboxylic acids is 1. The maximum absolute atomic E-state index is 12.3. The molecule has 4 heteroatoms. The van der Waals surface area contributed by atoms with Crippen molar-refractivity contribution in [3.8, 4) is 5.75 Å². The van der Waals surface area contributed by atoms with E-state index >= 15 is 0 Å². The third-order valence-corrected chi connectivity index (χ3v) is 3.43. The summed E-state index contributed by atoms with van der Waals surface area (Å²) in [4.78, 5) is 14.0. The maximum atomic E-state index is 12.3. The molecule has 0 saturated heterocycles. The smallest absolute Gasteiger partial charge is 0.253 e. The molecule has 116 valence electrons. The van der Waals surface area contributed by atoms with Crippen LogP contribution in [-0.2, 0) is 6.54 Å². The fourth-order valence-corrected chi connectivity index (χ4v) is 2.11. The molecule has 0 aliphatic carbocycles. The number of nitrogens with zero attached hydrogens (tertiary/aromatic N) is 1. The Hall–Kier alpha value is -2.33. The van der Waals surface area contributed by atoms with E-state index < -0.39 is 0 Å². The summed E-state index contributed by atoms with van der Waals surface area (Å²) in [6, 6.07) is 17.1. The van der Waals surface area contributed by atoms with Crippen LogP contribution in [-0.4, -0.2) is 31.0 Å². The van der Waals surface area contributed by atoms with Crippen LogP contribution in [0.15, 0.2) is 54.6 Å². The largest absolute Gasteiger partial charge is 0.494 e. The molecular formula is C18H22N2O2. The normalized spacial score (nSPS) is 10.3. The van der Waals surface area contributed by atoms with Gasteiger partial charge in [0, 0.05) is 25.7 Å². The quantitative estimate of drug-likeness (QED) is 0.800. The number of nitrogens with two attached hydrogens (primary N) is 1. The van der Waals surface area contributed by atoms with Crippen molar-refractivity contribution in [2.75, 3.05) is 20.2 Å². The first-order valence-corrected chi connectivity index (χ1v) is 7.43. The predicted octanol–water partition coefficient (Wildman–Crippen LogP) is 2.69. The summed E-state index contributed by atoms with van der Waals surface area (Å²) in [6.07, 6.45) is 0.790. The van der Waals surface area contributed by atoms with E-state index in [0.29, 0.717) is 25.3 Å². The highest BCUT2D eigenvalue weighted by Crippen LogP contribution is 2.09. The molecule has 2 aromatic rings. The fourth-order valence-electron chi connectivity index (χ4n) is 2.11. The van der Waals surface area contributed by atoms with Gasteiger partial charge in [-0.25, -0.2) is 0 Å². The molecule has 2 aromatic carbocycles. The van der Waals surface area contributed by atoms with Crippen LogP contribution in [0, 0.1) is 0 Å². The minimum Gasteiger partial charge on any atom is -0.494 e. The Morgan fingerprint density at radius 2 is 1.77 bits per heavy atom. The molecular weight excluding hydrogens is 276 g/mol. The molecule has 0 aromatic heterocycles. The molecule has 2 rings (SSSR count). The number of carbonyl (C=O) groups is 1. The number of benzene rings is 2. The van der Waals surface area contributed by atoms with Gasteiger partial charge in [0.05, 0.1) is 6.61 Å². The zero-order chi connectivity index (χ0) is 15.8. The Morgan fingerprint density at radius 1 is 1.09 bits per heavy atom. The van der Waals surface area contributed by atoms with E-state index in [4.69, 9.17) is 10.5 Å². The molecule has 0 aliphatic heterocycles. The molecule has 2 N–H and O–H groups in total. The topological polar surface area (TPSA) is 55.6 Å². The summed E-state index contributed by atoms with van der Waals surface area (Å²) in [7, 11) is 1.81. The zero-order valence-corrected chi connectivity index (χ0v) is 12.9. The van der Waals surface area contributed by atoms with Crippen molar-refractivity contribution < 1.29 is 9.53 Å². The second-order valence-corrected chi connectivity index (χ2v) is 5.14. The molecule has 22 heavy (non-hydrogen) atoms. The summed E-state index contributed by atoms with van der Waals surface area (Å²) in [5.74, 6) is 0.872. The van der Waals surface area contributed by atoms with Gasteiger partial charge in [-0.05, 0) is 36.2 Å². The summed E-state index contributed by atoms with van der Waals surface area (Å²) in [6.45, 7) is 1.74. The number of ether oxygens (including phenoxy) is 1. The maximum Gasteiger partial charge on any atom is 0.253 e. The number of hydrogen-bond donors (Lipinski definition) is 1. The van der Waals surface area contributed by atoms with Crippen molar-refractivity contribution in [1.82, 2.24) is 4.90 Å². The molecule has 1 amide bonds. The van der Waals surface area contributed by atoms with Crippen LogP contribution in [0.4, 0.5) is 0 Å². The van der Waals surface area contributed by atoms with Crippen LogP contribution in [0.2, 0.25) is 0 Å². The summed E-state index contributed by atoms with van der Waals surface area (Å²) in [5, 5.41) is 0. The van der Waals surface area contributed by atoms with E-state index in [1.54, 1.807) is 4.90 Å². The Balaban J connectivity index is 1.76. The summed E-state index contributed by atoms with van der Waals surface area (Å²) in [5.41, 5.74) is 7.26. The number of hydrogen-bond acceptors (Lipinski definition) is 3. The molecule has 0 fully saturated rings. The van der Waals surface area contributed by atoms with Crippen LogP contribution in [0.25, 0.3) is 0 Å². The van der Waals surface area contributed by atoms with Gasteiger partial charge in [-0.15, -0.1) is 0 Å². The Kier molecular flexibility index (Phi) is 5.98. The monoisotopic (exact) mass is 298 g/mol. The fraction of sp³-hybridized carbons (Fsp3) is 0.278. The van der Waals surface area contributed by atoms with Gasteiger partial charge in [-0.1, -0.05) is 30.3 Å². The Morgan fingerprint density at radius 3 is 2.41 bits per heavy atom. The molecule has 4 nitrogen and oxygen atoms in total. The predicted molar refractivity (Wildman–Crippen MR) is 87.8 cm³/mol. The van der Waals surface area contributed by atoms with Crippen molar-refractivity contribution >= 4 is 5.91 Å². The van der Waals surface area contributed by atoms with Crippen LogP contribution in [0.5, 0.6) is 5.75 Å². The third kappa shape index (κ3) is 4.60. The van der Waals surface area contributed by atoms with E-state index in [1.165, 1.54) is 0 Å². The van der Waals surface area contributed by atoms with Gasteiger partial charge in [-0.3, -0.25) is 4.79 Å². The molecule has 0 spiro atoms. The SMILES string of the molecule is CN(CCCOc1ccccc1)C(=O)c1ccc(CN)cc1. The van der Waals surface area contributed by atoms with Gasteiger partial charge in [0.2, 0.25) is 0 Å². The highest BCUT2D eigenvalue weighted by molar-refractivity contribution is 5.94. The van der Waals surface area contributed by atoms with Crippen LogP contribution in [0.3, 0.4) is 0 Å². The van der Waals surface area contributed by atoms with E-state index in [1.807, 2.05) is 61.6 Å². The lowest BCUT2D eigenvalue weighted by Crippen LogP contribution is -2.28. The minimum atomic E-state index is 0.0169. The summed E-state index contributed by atoms with van der Waals surface area (Å²) >= 11 is 0. The molecule has 0 atom stereocenters. The van der Waals surface area contributed by atoms with Gasteiger partial charge in [0.15, 0.2) is 0 Å². The molecule has 0 bridgehead atoms. The first kappa shape index (κ1) is 16.0. The van der Waals surface area contributed by atoms with Gasteiger partial charge < -0.3 is 15.4 Å². The van der Waals surface area contributed by atoms with Crippen LogP contribution in [0.1, 0.15) is 22.3 Å². The Bertz CT molecular complexity index is 582. The van der Waals surface area contributed by atoms with Crippen LogP contribution < -0.4 is 10.5 Å². The lowest BCUT2D eigenvalue weighted by atomic mass is 10.1. The Labute approximate surface area is 131 Å². The van der Waals surface area contributed by atoms with Crippen molar-refractivity contribution in [3.63, 3.8) is 0 Å². The molecule has 0 heterocycles. The minimum absolute atomic E-state index is 0.0169. The van der Waals surface area contributed by atoms with Gasteiger partial charge in [-0.2, -0.15) is 0 Å². The second kappa shape index (κ2) is 8.20. The molecule has 0 radical (unpaired) electrons. The van der Waals surface area contributed by atoms with E-state index in [0.717, 1.165) is 17.7 Å². The highest BCUT2D eigenvalue weighted by Gasteiger charge is 2.11. The van der Waals surface area contributed by atoms with Gasteiger partial charge in [0.25, 0.3) is 5.91 Å². The standard InChI is InChI=1S/C18H22N2O2/c1-20(12-5-13-22-17-6-3-2-4-7-17)18(21)16-10-8-15(14-19)9-11-16/h2-4,6-11H,5,12-14,19H2,1H3. The van der Waals surface area contributed by atoms with Crippen LogP contribution >= 0.6 is 0 Å². The molecule has 0 saturated carbocycles. The third-order valence-electron chi connectivity index (χ3n) is 3.43. The number of rotatable bonds is 7. The zero-order valence-electron chi connectivity index (χ0n) is 12.9. The van der Waals surface area contributed by atoms with Crippen molar-refractivity contribution in [2.24, 2.45) is 5.73 Å². The summed E-state index contributed by atoms with van der Waals surface area (Å²) < 4.78 is 5.62. The first-order valence-electron chi connectivity index (χ1n) is 7.43. The van der Waals surface area contributed by atoms with Crippen molar-refractivity contribution in [2.45, 2.75) is 13.0 Å². The van der Waals surface area contributed by atoms with Gasteiger partial charge >= 0.3 is 0 Å². The first-order chi connectivity index (χ1) is 10.7. The van der Waals surface area contributed by atoms with Crippen molar-refractivity contribution in [1.29, 1.82) is 0 Å².